The molecule has 4 nitrogen and oxygen atoms in total. The number of nitrogens with one attached hydrogen (secondary N) is 2. The maximum absolute atomic E-state index is 4.43. The third kappa shape index (κ3) is 3.49. The number of aromatic nitrogens is 2. The molecule has 1 aliphatic rings. The van der Waals surface area contributed by atoms with Gasteiger partial charge in [0.1, 0.15) is 5.82 Å². The van der Waals surface area contributed by atoms with Crippen LogP contribution in [0.2, 0.25) is 0 Å². The van der Waals surface area contributed by atoms with Gasteiger partial charge in [-0.05, 0) is 31.6 Å². The van der Waals surface area contributed by atoms with Crippen molar-refractivity contribution in [1.29, 1.82) is 0 Å². The lowest BCUT2D eigenvalue weighted by molar-refractivity contribution is 0.927. The summed E-state index contributed by atoms with van der Waals surface area (Å²) in [5.41, 5.74) is 0. The van der Waals surface area contributed by atoms with Crippen molar-refractivity contribution in [3.8, 4) is 0 Å². The van der Waals surface area contributed by atoms with E-state index in [-0.39, 0.29) is 0 Å². The van der Waals surface area contributed by atoms with Gasteiger partial charge in [0, 0.05) is 24.0 Å². The van der Waals surface area contributed by atoms with Gasteiger partial charge < -0.3 is 10.6 Å². The molecule has 94 valence electrons. The van der Waals surface area contributed by atoms with E-state index in [0.29, 0.717) is 10.7 Å². The van der Waals surface area contributed by atoms with E-state index in [0.717, 1.165) is 25.3 Å². The van der Waals surface area contributed by atoms with Gasteiger partial charge in [0.2, 0.25) is 5.95 Å². The summed E-state index contributed by atoms with van der Waals surface area (Å²) in [5, 5.41) is 6.60. The first-order chi connectivity index (χ1) is 8.28. The monoisotopic (exact) mass is 252 g/mol. The molecule has 1 aromatic rings. The van der Waals surface area contributed by atoms with Gasteiger partial charge in [-0.2, -0.15) is 16.7 Å². The van der Waals surface area contributed by atoms with E-state index < -0.39 is 0 Å². The van der Waals surface area contributed by atoms with Crippen molar-refractivity contribution in [2.75, 3.05) is 30.0 Å². The highest BCUT2D eigenvalue weighted by Gasteiger charge is 2.41. The van der Waals surface area contributed by atoms with Crippen LogP contribution >= 0.6 is 11.8 Å². The summed E-state index contributed by atoms with van der Waals surface area (Å²) in [6, 6.07) is 1.92. The lowest BCUT2D eigenvalue weighted by Gasteiger charge is -2.13. The van der Waals surface area contributed by atoms with E-state index in [2.05, 4.69) is 33.8 Å². The first kappa shape index (κ1) is 12.5. The average molecular weight is 252 g/mol. The van der Waals surface area contributed by atoms with Gasteiger partial charge in [0.15, 0.2) is 0 Å². The molecule has 2 N–H and O–H groups in total. The van der Waals surface area contributed by atoms with Crippen LogP contribution in [0.3, 0.4) is 0 Å². The minimum Gasteiger partial charge on any atom is -0.369 e. The second kappa shape index (κ2) is 5.58. The van der Waals surface area contributed by atoms with Gasteiger partial charge in [-0.3, -0.25) is 0 Å². The fraction of sp³-hybridized carbons (Fsp3) is 0.667. The quantitative estimate of drug-likeness (QED) is 0.781. The number of nitrogens with zero attached hydrogens (tertiary/aromatic N) is 2. The van der Waals surface area contributed by atoms with Crippen LogP contribution < -0.4 is 10.6 Å². The van der Waals surface area contributed by atoms with E-state index in [9.17, 15) is 0 Å². The maximum atomic E-state index is 4.43. The fourth-order valence-electron chi connectivity index (χ4n) is 1.62. The largest absolute Gasteiger partial charge is 0.369 e. The Hall–Kier alpha value is -0.970. The maximum Gasteiger partial charge on any atom is 0.224 e. The minimum atomic E-state index is 0.460. The van der Waals surface area contributed by atoms with Crippen LogP contribution in [0, 0.1) is 0 Å². The smallest absolute Gasteiger partial charge is 0.224 e. The fourth-order valence-corrected chi connectivity index (χ4v) is 2.35. The first-order valence-electron chi connectivity index (χ1n) is 6.14. The lowest BCUT2D eigenvalue weighted by atomic mass is 10.4. The van der Waals surface area contributed by atoms with Crippen molar-refractivity contribution in [3.63, 3.8) is 0 Å². The summed E-state index contributed by atoms with van der Waals surface area (Å²) in [5.74, 6) is 1.63. The number of anilines is 2. The molecule has 1 saturated carbocycles. The van der Waals surface area contributed by atoms with E-state index >= 15 is 0 Å². The lowest BCUT2D eigenvalue weighted by Crippen LogP contribution is -2.18. The van der Waals surface area contributed by atoms with E-state index in [1.807, 2.05) is 17.8 Å². The Bertz CT molecular complexity index is 365. The van der Waals surface area contributed by atoms with Gasteiger partial charge in [0.05, 0.1) is 0 Å². The summed E-state index contributed by atoms with van der Waals surface area (Å²) in [7, 11) is 0. The van der Waals surface area contributed by atoms with Gasteiger partial charge in [0.25, 0.3) is 0 Å². The Labute approximate surface area is 107 Å². The number of rotatable bonds is 7. The molecule has 0 saturated heterocycles. The SMILES string of the molecule is CCCNc1nccc(NCC2(SC)CC2)n1. The predicted molar refractivity (Wildman–Crippen MR) is 74.8 cm³/mol. The Morgan fingerprint density at radius 3 is 2.88 bits per heavy atom. The van der Waals surface area contributed by atoms with Crippen molar-refractivity contribution in [3.05, 3.63) is 12.3 Å². The van der Waals surface area contributed by atoms with Gasteiger partial charge in [-0.25, -0.2) is 4.98 Å². The molecule has 0 aliphatic heterocycles. The van der Waals surface area contributed by atoms with Crippen LogP contribution in [0.5, 0.6) is 0 Å². The Balaban J connectivity index is 1.87. The molecule has 0 aromatic carbocycles. The molecule has 0 radical (unpaired) electrons. The second-order valence-corrected chi connectivity index (χ2v) is 5.71. The number of hydrogen-bond donors (Lipinski definition) is 2. The van der Waals surface area contributed by atoms with Crippen LogP contribution in [0.15, 0.2) is 12.3 Å². The van der Waals surface area contributed by atoms with Crippen LogP contribution in [0.25, 0.3) is 0 Å². The topological polar surface area (TPSA) is 49.8 Å². The van der Waals surface area contributed by atoms with Crippen LogP contribution in [0.1, 0.15) is 26.2 Å². The van der Waals surface area contributed by atoms with Gasteiger partial charge >= 0.3 is 0 Å². The van der Waals surface area contributed by atoms with Gasteiger partial charge in [-0.1, -0.05) is 6.92 Å². The molecule has 0 unspecified atom stereocenters. The van der Waals surface area contributed by atoms with Crippen molar-refractivity contribution in [2.24, 2.45) is 0 Å². The highest BCUT2D eigenvalue weighted by atomic mass is 32.2. The van der Waals surface area contributed by atoms with Crippen molar-refractivity contribution in [1.82, 2.24) is 9.97 Å². The summed E-state index contributed by atoms with van der Waals surface area (Å²) in [6.45, 7) is 4.04. The zero-order valence-electron chi connectivity index (χ0n) is 10.5. The zero-order valence-corrected chi connectivity index (χ0v) is 11.3. The van der Waals surface area contributed by atoms with Crippen LogP contribution in [-0.4, -0.2) is 34.1 Å². The molecule has 0 spiro atoms. The summed E-state index contributed by atoms with van der Waals surface area (Å²) >= 11 is 1.95. The Morgan fingerprint density at radius 1 is 1.41 bits per heavy atom. The minimum absolute atomic E-state index is 0.460. The highest BCUT2D eigenvalue weighted by molar-refractivity contribution is 8.00. The molecule has 1 aromatic heterocycles. The second-order valence-electron chi connectivity index (χ2n) is 4.43. The predicted octanol–water partition coefficient (Wildman–Crippen LogP) is 2.61. The molecular weight excluding hydrogens is 232 g/mol. The molecule has 1 fully saturated rings. The molecular formula is C12H20N4S. The normalized spacial score (nSPS) is 16.6. The highest BCUT2D eigenvalue weighted by Crippen LogP contribution is 2.46. The average Bonchev–Trinajstić information content (AvgIpc) is 3.15. The Morgan fingerprint density at radius 2 is 2.24 bits per heavy atom. The molecule has 0 bridgehead atoms. The summed E-state index contributed by atoms with van der Waals surface area (Å²) in [4.78, 5) is 8.62. The molecule has 0 atom stereocenters. The van der Waals surface area contributed by atoms with Crippen molar-refractivity contribution >= 4 is 23.5 Å². The molecule has 1 heterocycles. The van der Waals surface area contributed by atoms with E-state index in [1.54, 1.807) is 6.20 Å². The van der Waals surface area contributed by atoms with E-state index in [4.69, 9.17) is 0 Å². The molecule has 5 heteroatoms. The standard InChI is InChI=1S/C12H20N4S/c1-3-7-13-11-14-8-4-10(16-11)15-9-12(17-2)5-6-12/h4,8H,3,5-7,9H2,1-2H3,(H2,13,14,15,16). The van der Waals surface area contributed by atoms with Crippen LogP contribution in [-0.2, 0) is 0 Å². The Kier molecular flexibility index (Phi) is 4.10. The molecule has 0 amide bonds. The third-order valence-corrected chi connectivity index (χ3v) is 4.44. The number of hydrogen-bond acceptors (Lipinski definition) is 5. The van der Waals surface area contributed by atoms with Crippen LogP contribution in [0.4, 0.5) is 11.8 Å². The molecule has 2 rings (SSSR count). The summed E-state index contributed by atoms with van der Waals surface area (Å²) in [6.07, 6.45) is 7.69. The van der Waals surface area contributed by atoms with Gasteiger partial charge in [-0.15, -0.1) is 0 Å². The van der Waals surface area contributed by atoms with Crippen molar-refractivity contribution in [2.45, 2.75) is 30.9 Å². The zero-order chi connectivity index (χ0) is 12.1. The summed E-state index contributed by atoms with van der Waals surface area (Å²) < 4.78 is 0.460. The van der Waals surface area contributed by atoms with Crippen molar-refractivity contribution < 1.29 is 0 Å². The van der Waals surface area contributed by atoms with E-state index in [1.165, 1.54) is 12.8 Å². The number of thioether (sulfide) groups is 1. The molecule has 17 heavy (non-hydrogen) atoms. The first-order valence-corrected chi connectivity index (χ1v) is 7.36. The molecule has 1 aliphatic carbocycles. The third-order valence-electron chi connectivity index (χ3n) is 3.02.